The molecule has 4 aromatic carbocycles. The van der Waals surface area contributed by atoms with E-state index in [2.05, 4.69) is 10.5 Å². The Balaban J connectivity index is 1.40. The second-order valence-corrected chi connectivity index (χ2v) is 10.6. The van der Waals surface area contributed by atoms with Crippen molar-refractivity contribution in [3.8, 4) is 11.5 Å². The minimum Gasteiger partial charge on any atom is -0.497 e. The Hall–Kier alpha value is -4.34. The van der Waals surface area contributed by atoms with Crippen LogP contribution in [0, 0.1) is 0 Å². The van der Waals surface area contributed by atoms with Crippen LogP contribution in [-0.2, 0) is 21.4 Å². The number of hydrogen-bond acceptors (Lipinski definition) is 6. The molecule has 0 aliphatic heterocycles. The average molecular weight is 564 g/mol. The number of sulfonamides is 1. The van der Waals surface area contributed by atoms with Gasteiger partial charge in [-0.05, 0) is 71.8 Å². The summed E-state index contributed by atoms with van der Waals surface area (Å²) in [5.41, 5.74) is 4.39. The third-order valence-electron chi connectivity index (χ3n) is 5.56. The van der Waals surface area contributed by atoms with Crippen LogP contribution in [0.5, 0.6) is 11.5 Å². The molecule has 0 atom stereocenters. The van der Waals surface area contributed by atoms with Gasteiger partial charge in [0.2, 0.25) is 0 Å². The highest BCUT2D eigenvalue weighted by Crippen LogP contribution is 2.26. The van der Waals surface area contributed by atoms with E-state index in [9.17, 15) is 13.2 Å². The summed E-state index contributed by atoms with van der Waals surface area (Å²) in [5.74, 6) is 0.516. The monoisotopic (exact) mass is 563 g/mol. The average Bonchev–Trinajstić information content (AvgIpc) is 2.96. The van der Waals surface area contributed by atoms with Crippen LogP contribution in [0.2, 0.25) is 5.02 Å². The molecule has 1 amide bonds. The lowest BCUT2D eigenvalue weighted by Gasteiger charge is -2.24. The molecule has 0 spiro atoms. The number of rotatable bonds is 11. The number of nitrogens with zero attached hydrogens (tertiary/aromatic N) is 2. The first kappa shape index (κ1) is 27.7. The largest absolute Gasteiger partial charge is 0.497 e. The van der Waals surface area contributed by atoms with Gasteiger partial charge in [0.05, 0.1) is 23.9 Å². The number of ether oxygens (including phenoxy) is 2. The van der Waals surface area contributed by atoms with Crippen molar-refractivity contribution in [2.24, 2.45) is 5.10 Å². The molecule has 0 aromatic heterocycles. The van der Waals surface area contributed by atoms with Crippen LogP contribution in [0.15, 0.2) is 113 Å². The molecule has 0 radical (unpaired) electrons. The standard InChI is InChI=1S/C29H26ClN3O5S/c1-37-27-7-5-6-25(18-27)33(39(35,36)28-8-3-2-4-9-28)20-29(34)32-31-19-22-12-16-26(17-13-22)38-21-23-10-14-24(30)15-11-23/h2-19H,20-21H2,1H3,(H,32,34)/b31-19-. The van der Waals surface area contributed by atoms with Crippen molar-refractivity contribution in [3.63, 3.8) is 0 Å². The van der Waals surface area contributed by atoms with Gasteiger partial charge in [-0.3, -0.25) is 9.10 Å². The van der Waals surface area contributed by atoms with E-state index in [1.54, 1.807) is 78.9 Å². The van der Waals surface area contributed by atoms with Crippen LogP contribution < -0.4 is 19.2 Å². The summed E-state index contributed by atoms with van der Waals surface area (Å²) < 4.78 is 38.8. The smallest absolute Gasteiger partial charge is 0.264 e. The molecule has 0 saturated carbocycles. The van der Waals surface area contributed by atoms with Gasteiger partial charge in [0, 0.05) is 11.1 Å². The summed E-state index contributed by atoms with van der Waals surface area (Å²) in [6.07, 6.45) is 1.46. The molecule has 10 heteroatoms. The highest BCUT2D eigenvalue weighted by molar-refractivity contribution is 7.92. The SMILES string of the molecule is COc1cccc(N(CC(=O)N/N=C\c2ccc(OCc3ccc(Cl)cc3)cc2)S(=O)(=O)c2ccccc2)c1. The number of hydrogen-bond donors (Lipinski definition) is 1. The Labute approximate surface area is 232 Å². The molecule has 39 heavy (non-hydrogen) atoms. The summed E-state index contributed by atoms with van der Waals surface area (Å²) in [6.45, 7) is -0.0877. The third-order valence-corrected chi connectivity index (χ3v) is 7.60. The lowest BCUT2D eigenvalue weighted by molar-refractivity contribution is -0.119. The van der Waals surface area contributed by atoms with Crippen LogP contribution in [0.3, 0.4) is 0 Å². The molecule has 1 N–H and O–H groups in total. The number of carbonyl (C=O) groups is 1. The predicted octanol–water partition coefficient (Wildman–Crippen LogP) is 5.27. The third kappa shape index (κ3) is 7.59. The summed E-state index contributed by atoms with van der Waals surface area (Å²) in [4.78, 5) is 12.8. The van der Waals surface area contributed by atoms with Crippen LogP contribution in [-0.4, -0.2) is 34.2 Å². The molecular weight excluding hydrogens is 538 g/mol. The number of halogens is 1. The number of benzene rings is 4. The zero-order chi connectivity index (χ0) is 27.7. The van der Waals surface area contributed by atoms with Crippen LogP contribution in [0.4, 0.5) is 5.69 Å². The maximum absolute atomic E-state index is 13.4. The zero-order valence-electron chi connectivity index (χ0n) is 21.0. The van der Waals surface area contributed by atoms with Gasteiger partial charge in [0.1, 0.15) is 24.7 Å². The van der Waals surface area contributed by atoms with Gasteiger partial charge in [-0.1, -0.05) is 48.0 Å². The molecule has 0 heterocycles. The molecule has 0 unspecified atom stereocenters. The van der Waals surface area contributed by atoms with E-state index in [4.69, 9.17) is 21.1 Å². The predicted molar refractivity (Wildman–Crippen MR) is 152 cm³/mol. The zero-order valence-corrected chi connectivity index (χ0v) is 22.6. The molecule has 0 saturated heterocycles. The van der Waals surface area contributed by atoms with Crippen molar-refractivity contribution in [1.82, 2.24) is 5.43 Å². The van der Waals surface area contributed by atoms with Gasteiger partial charge in [0.15, 0.2) is 0 Å². The molecular formula is C29H26ClN3O5S. The topological polar surface area (TPSA) is 97.3 Å². The fourth-order valence-electron chi connectivity index (χ4n) is 3.54. The highest BCUT2D eigenvalue weighted by atomic mass is 35.5. The first-order valence-electron chi connectivity index (χ1n) is 11.9. The Bertz CT molecular complexity index is 1530. The van der Waals surface area contributed by atoms with Crippen LogP contribution in [0.1, 0.15) is 11.1 Å². The number of anilines is 1. The number of amides is 1. The van der Waals surface area contributed by atoms with Gasteiger partial charge in [-0.2, -0.15) is 5.10 Å². The molecule has 0 bridgehead atoms. The van der Waals surface area contributed by atoms with Gasteiger partial charge < -0.3 is 9.47 Å². The van der Waals surface area contributed by atoms with E-state index in [0.29, 0.717) is 23.1 Å². The quantitative estimate of drug-likeness (QED) is 0.198. The van der Waals surface area contributed by atoms with E-state index in [1.165, 1.54) is 25.5 Å². The fourth-order valence-corrected chi connectivity index (χ4v) is 5.10. The van der Waals surface area contributed by atoms with E-state index >= 15 is 0 Å². The highest BCUT2D eigenvalue weighted by Gasteiger charge is 2.27. The van der Waals surface area contributed by atoms with Gasteiger partial charge in [-0.15, -0.1) is 0 Å². The van der Waals surface area contributed by atoms with Crippen LogP contribution >= 0.6 is 11.6 Å². The molecule has 200 valence electrons. The summed E-state index contributed by atoms with van der Waals surface area (Å²) in [7, 11) is -2.56. The van der Waals surface area contributed by atoms with Crippen molar-refractivity contribution >= 4 is 39.4 Å². The van der Waals surface area contributed by atoms with E-state index < -0.39 is 22.5 Å². The Kier molecular flexibility index (Phi) is 9.19. The van der Waals surface area contributed by atoms with E-state index in [0.717, 1.165) is 15.4 Å². The minimum atomic E-state index is -4.04. The van der Waals surface area contributed by atoms with Crippen molar-refractivity contribution in [3.05, 3.63) is 119 Å². The lowest BCUT2D eigenvalue weighted by Crippen LogP contribution is -2.39. The van der Waals surface area contributed by atoms with Crippen molar-refractivity contribution in [2.75, 3.05) is 18.0 Å². The van der Waals surface area contributed by atoms with Gasteiger partial charge in [-0.25, -0.2) is 13.8 Å². The summed E-state index contributed by atoms with van der Waals surface area (Å²) in [6, 6.07) is 28.9. The maximum atomic E-state index is 13.4. The van der Waals surface area contributed by atoms with E-state index in [1.807, 2.05) is 12.1 Å². The van der Waals surface area contributed by atoms with E-state index in [-0.39, 0.29) is 10.6 Å². The number of hydrazone groups is 1. The van der Waals surface area contributed by atoms with Crippen molar-refractivity contribution < 1.29 is 22.7 Å². The molecule has 4 rings (SSSR count). The summed E-state index contributed by atoms with van der Waals surface area (Å²) >= 11 is 5.90. The fraction of sp³-hybridized carbons (Fsp3) is 0.103. The van der Waals surface area contributed by atoms with Crippen molar-refractivity contribution in [2.45, 2.75) is 11.5 Å². The molecule has 0 fully saturated rings. The molecule has 8 nitrogen and oxygen atoms in total. The maximum Gasteiger partial charge on any atom is 0.264 e. The molecule has 4 aromatic rings. The Morgan fingerprint density at radius 3 is 2.33 bits per heavy atom. The molecule has 0 aliphatic rings. The number of carbonyl (C=O) groups excluding carboxylic acids is 1. The first-order chi connectivity index (χ1) is 18.8. The summed E-state index contributed by atoms with van der Waals surface area (Å²) in [5, 5.41) is 4.65. The Morgan fingerprint density at radius 2 is 1.64 bits per heavy atom. The second-order valence-electron chi connectivity index (χ2n) is 8.30. The first-order valence-corrected chi connectivity index (χ1v) is 13.7. The minimum absolute atomic E-state index is 0.0579. The Morgan fingerprint density at radius 1 is 0.923 bits per heavy atom. The number of nitrogens with one attached hydrogen (secondary N) is 1. The lowest BCUT2D eigenvalue weighted by atomic mass is 10.2. The van der Waals surface area contributed by atoms with Gasteiger partial charge >= 0.3 is 0 Å². The second kappa shape index (κ2) is 12.9. The normalized spacial score (nSPS) is 11.2. The van der Waals surface area contributed by atoms with Crippen LogP contribution in [0.25, 0.3) is 0 Å². The number of methoxy groups -OCH3 is 1. The van der Waals surface area contributed by atoms with Gasteiger partial charge in [0.25, 0.3) is 15.9 Å². The van der Waals surface area contributed by atoms with Crippen molar-refractivity contribution in [1.29, 1.82) is 0 Å². The molecule has 0 aliphatic carbocycles.